The molecule has 0 aromatic carbocycles. The molecule has 25 heavy (non-hydrogen) atoms. The van der Waals surface area contributed by atoms with E-state index in [1.54, 1.807) is 6.92 Å². The van der Waals surface area contributed by atoms with Crippen LogP contribution in [-0.2, 0) is 14.3 Å². The topological polar surface area (TPSA) is 150 Å². The number of aromatic nitrogens is 3. The summed E-state index contributed by atoms with van der Waals surface area (Å²) in [5.74, 6) is -0.681. The van der Waals surface area contributed by atoms with Crippen LogP contribution < -0.4 is 16.2 Å². The predicted molar refractivity (Wildman–Crippen MR) is 89.3 cm³/mol. The van der Waals surface area contributed by atoms with Gasteiger partial charge in [-0.1, -0.05) is 18.3 Å². The van der Waals surface area contributed by atoms with E-state index in [-0.39, 0.29) is 22.7 Å². The van der Waals surface area contributed by atoms with E-state index in [1.807, 2.05) is 0 Å². The monoisotopic (exact) mass is 370 g/mol. The van der Waals surface area contributed by atoms with Gasteiger partial charge in [-0.25, -0.2) is 0 Å². The van der Waals surface area contributed by atoms with Crippen LogP contribution in [0, 0.1) is 0 Å². The van der Waals surface area contributed by atoms with Gasteiger partial charge in [-0.3, -0.25) is 23.9 Å². The third-order valence-corrected chi connectivity index (χ3v) is 4.95. The quantitative estimate of drug-likeness (QED) is 0.622. The minimum Gasteiger partial charge on any atom is -0.458 e. The van der Waals surface area contributed by atoms with Crippen LogP contribution in [-0.4, -0.2) is 43.9 Å². The second kappa shape index (κ2) is 6.58. The molecule has 10 nitrogen and oxygen atoms in total. The highest BCUT2D eigenvalue weighted by molar-refractivity contribution is 7.16. The summed E-state index contributed by atoms with van der Waals surface area (Å²) in [6, 6.07) is 0. The lowest BCUT2D eigenvalue weighted by Crippen LogP contribution is -2.30. The van der Waals surface area contributed by atoms with Crippen molar-refractivity contribution in [3.63, 3.8) is 0 Å². The lowest BCUT2D eigenvalue weighted by molar-refractivity contribution is -0.152. The summed E-state index contributed by atoms with van der Waals surface area (Å²) in [4.78, 5) is 41.7. The van der Waals surface area contributed by atoms with E-state index in [0.29, 0.717) is 17.8 Å². The Labute approximate surface area is 145 Å². The zero-order valence-electron chi connectivity index (χ0n) is 13.6. The molecule has 0 aliphatic carbocycles. The Bertz CT molecular complexity index is 918. The molecule has 0 bridgehead atoms. The van der Waals surface area contributed by atoms with Crippen molar-refractivity contribution in [1.29, 1.82) is 0 Å². The number of aliphatic hydroxyl groups is 1. The van der Waals surface area contributed by atoms with Crippen LogP contribution in [0.4, 0.5) is 5.95 Å². The van der Waals surface area contributed by atoms with Crippen LogP contribution >= 0.6 is 11.3 Å². The van der Waals surface area contributed by atoms with Crippen molar-refractivity contribution in [3.05, 3.63) is 20.0 Å². The molecule has 0 amide bonds. The first kappa shape index (κ1) is 17.6. The maximum absolute atomic E-state index is 12.4. The first-order chi connectivity index (χ1) is 11.8. The summed E-state index contributed by atoms with van der Waals surface area (Å²) in [6.45, 7) is 3.03. The van der Waals surface area contributed by atoms with Gasteiger partial charge < -0.3 is 20.3 Å². The number of rotatable bonds is 4. The average Bonchev–Trinajstić information content (AvgIpc) is 3.06. The van der Waals surface area contributed by atoms with Crippen LogP contribution in [0.25, 0.3) is 10.3 Å². The number of fused-ring (bicyclic) bond motifs is 1. The fourth-order valence-corrected chi connectivity index (χ4v) is 3.74. The van der Waals surface area contributed by atoms with Gasteiger partial charge in [0.25, 0.3) is 5.56 Å². The number of aromatic amines is 1. The van der Waals surface area contributed by atoms with Crippen molar-refractivity contribution in [2.45, 2.75) is 51.2 Å². The molecule has 11 heteroatoms. The summed E-state index contributed by atoms with van der Waals surface area (Å²) in [7, 11) is 0. The Morgan fingerprint density at radius 2 is 2.32 bits per heavy atom. The third-order valence-electron chi connectivity index (χ3n) is 4.01. The summed E-state index contributed by atoms with van der Waals surface area (Å²) < 4.78 is 12.3. The number of H-pyrrole nitrogens is 1. The highest BCUT2D eigenvalue weighted by Gasteiger charge is 2.43. The lowest BCUT2D eigenvalue weighted by Gasteiger charge is -2.20. The number of nitrogen functional groups attached to an aromatic ring is 1. The minimum absolute atomic E-state index is 0.0602. The van der Waals surface area contributed by atoms with Gasteiger partial charge in [-0.2, -0.15) is 4.98 Å². The fourth-order valence-electron chi connectivity index (χ4n) is 2.90. The zero-order valence-corrected chi connectivity index (χ0v) is 14.4. The van der Waals surface area contributed by atoms with Crippen LogP contribution in [0.15, 0.2) is 9.59 Å². The molecule has 0 spiro atoms. The highest BCUT2D eigenvalue weighted by atomic mass is 32.1. The molecule has 4 N–H and O–H groups in total. The van der Waals surface area contributed by atoms with E-state index < -0.39 is 40.9 Å². The van der Waals surface area contributed by atoms with Gasteiger partial charge in [-0.05, 0) is 6.42 Å². The van der Waals surface area contributed by atoms with Crippen molar-refractivity contribution in [1.82, 2.24) is 14.5 Å². The van der Waals surface area contributed by atoms with Crippen molar-refractivity contribution >= 4 is 33.6 Å². The van der Waals surface area contributed by atoms with E-state index >= 15 is 0 Å². The number of nitrogens with one attached hydrogen (secondary N) is 1. The molecule has 0 unspecified atom stereocenters. The molecule has 0 radical (unpaired) electrons. The lowest BCUT2D eigenvalue weighted by atomic mass is 10.1. The number of hydrogen-bond acceptors (Lipinski definition) is 9. The number of anilines is 1. The SMILES string of the molecule is CC[C@H](O)[C@@H]1C[C@@H](OC(C)=O)[C@H](n2c(=O)sc3c(=O)[nH]c(N)nc32)O1. The van der Waals surface area contributed by atoms with Crippen LogP contribution in [0.2, 0.25) is 0 Å². The second-order valence-electron chi connectivity index (χ2n) is 5.77. The number of thiazole rings is 1. The second-order valence-corrected chi connectivity index (χ2v) is 6.73. The first-order valence-corrected chi connectivity index (χ1v) is 8.55. The van der Waals surface area contributed by atoms with E-state index in [0.717, 1.165) is 4.57 Å². The summed E-state index contributed by atoms with van der Waals surface area (Å²) in [5.41, 5.74) is 5.10. The Morgan fingerprint density at radius 1 is 1.60 bits per heavy atom. The molecule has 2 aromatic rings. The molecule has 1 aliphatic heterocycles. The molecule has 2 aromatic heterocycles. The van der Waals surface area contributed by atoms with Gasteiger partial charge in [0.05, 0.1) is 12.2 Å². The number of nitrogens with two attached hydrogens (primary N) is 1. The van der Waals surface area contributed by atoms with Crippen LogP contribution in [0.3, 0.4) is 0 Å². The molecule has 3 heterocycles. The number of esters is 1. The minimum atomic E-state index is -0.995. The van der Waals surface area contributed by atoms with E-state index in [1.165, 1.54) is 6.92 Å². The maximum Gasteiger partial charge on any atom is 0.311 e. The maximum atomic E-state index is 12.4. The van der Waals surface area contributed by atoms with Crippen molar-refractivity contribution in [3.8, 4) is 0 Å². The first-order valence-electron chi connectivity index (χ1n) is 7.73. The number of nitrogens with zero attached hydrogens (tertiary/aromatic N) is 2. The number of carbonyl (C=O) groups is 1. The molecule has 1 aliphatic rings. The summed E-state index contributed by atoms with van der Waals surface area (Å²) >= 11 is 0.700. The van der Waals surface area contributed by atoms with Gasteiger partial charge in [-0.15, -0.1) is 0 Å². The normalized spacial score (nSPS) is 24.5. The fraction of sp³-hybridized carbons (Fsp3) is 0.571. The highest BCUT2D eigenvalue weighted by Crippen LogP contribution is 2.34. The number of carbonyl (C=O) groups excluding carboxylic acids is 1. The molecule has 3 rings (SSSR count). The standard InChI is InChI=1S/C14H18N4O6S/c1-3-6(20)7-4-8(23-5(2)19)12(24-7)18-10-9(25-14(18)22)11(21)17-13(15)16-10/h6-8,12,20H,3-4H2,1-2H3,(H3,15,16,17,21)/t6-,7-,8+,12+/m0/s1. The summed E-state index contributed by atoms with van der Waals surface area (Å²) in [5, 5.41) is 10.1. The smallest absolute Gasteiger partial charge is 0.311 e. The van der Waals surface area contributed by atoms with E-state index in [4.69, 9.17) is 15.2 Å². The Morgan fingerprint density at radius 3 is 2.96 bits per heavy atom. The van der Waals surface area contributed by atoms with Gasteiger partial charge in [0.2, 0.25) is 5.95 Å². The van der Waals surface area contributed by atoms with Crippen molar-refractivity contribution < 1.29 is 19.4 Å². The average molecular weight is 370 g/mol. The van der Waals surface area contributed by atoms with Gasteiger partial charge in [0.1, 0.15) is 10.8 Å². The molecule has 0 saturated carbocycles. The van der Waals surface area contributed by atoms with Crippen LogP contribution in [0.1, 0.15) is 32.9 Å². The summed E-state index contributed by atoms with van der Waals surface area (Å²) in [6.07, 6.45) is -2.51. The number of hydrogen-bond donors (Lipinski definition) is 3. The number of aliphatic hydroxyl groups excluding tert-OH is 1. The Balaban J connectivity index is 2.10. The number of ether oxygens (including phenoxy) is 2. The van der Waals surface area contributed by atoms with Crippen molar-refractivity contribution in [2.75, 3.05) is 5.73 Å². The predicted octanol–water partition coefficient (Wildman–Crippen LogP) is -0.281. The van der Waals surface area contributed by atoms with Gasteiger partial charge in [0, 0.05) is 13.3 Å². The Kier molecular flexibility index (Phi) is 4.62. The molecule has 136 valence electrons. The Hall–Kier alpha value is -2.24. The molecule has 1 fully saturated rings. The third kappa shape index (κ3) is 3.17. The van der Waals surface area contributed by atoms with Crippen LogP contribution in [0.5, 0.6) is 0 Å². The van der Waals surface area contributed by atoms with E-state index in [9.17, 15) is 19.5 Å². The van der Waals surface area contributed by atoms with E-state index in [2.05, 4.69) is 9.97 Å². The zero-order chi connectivity index (χ0) is 18.3. The van der Waals surface area contributed by atoms with Gasteiger partial charge >= 0.3 is 10.8 Å². The molecule has 1 saturated heterocycles. The van der Waals surface area contributed by atoms with Crippen molar-refractivity contribution in [2.24, 2.45) is 0 Å². The molecule has 4 atom stereocenters. The van der Waals surface area contributed by atoms with Gasteiger partial charge in [0.15, 0.2) is 11.9 Å². The largest absolute Gasteiger partial charge is 0.458 e. The molecular weight excluding hydrogens is 352 g/mol. The molecular formula is C14H18N4O6S.